The molecule has 0 bridgehead atoms. The van der Waals surface area contributed by atoms with Gasteiger partial charge in [0.15, 0.2) is 11.5 Å². The molecule has 2 aromatic rings. The van der Waals surface area contributed by atoms with Crippen LogP contribution in [-0.2, 0) is 0 Å². The van der Waals surface area contributed by atoms with Gasteiger partial charge in [-0.05, 0) is 67.0 Å². The summed E-state index contributed by atoms with van der Waals surface area (Å²) >= 11 is 6.46. The SMILES string of the molecule is COc1cc(/C=N\NC(=O)NC2CCCCC2)cc(Cl)c1OCCOc1ccc(C2CCCCC2)cc1. The molecule has 0 radical (unpaired) electrons. The Balaban J connectivity index is 1.23. The summed E-state index contributed by atoms with van der Waals surface area (Å²) in [5.74, 6) is 2.44. The van der Waals surface area contributed by atoms with Gasteiger partial charge in [0.05, 0.1) is 18.3 Å². The number of benzene rings is 2. The first kappa shape index (κ1) is 27.1. The van der Waals surface area contributed by atoms with Gasteiger partial charge in [0.25, 0.3) is 0 Å². The molecule has 200 valence electrons. The number of ether oxygens (including phenoxy) is 3. The monoisotopic (exact) mass is 527 g/mol. The van der Waals surface area contributed by atoms with Crippen molar-refractivity contribution in [2.24, 2.45) is 5.10 Å². The molecule has 0 atom stereocenters. The van der Waals surface area contributed by atoms with Crippen LogP contribution in [0.25, 0.3) is 0 Å². The minimum absolute atomic E-state index is 0.222. The van der Waals surface area contributed by atoms with E-state index in [-0.39, 0.29) is 12.1 Å². The van der Waals surface area contributed by atoms with Crippen molar-refractivity contribution >= 4 is 23.8 Å². The molecular weight excluding hydrogens is 490 g/mol. The Bertz CT molecular complexity index is 1030. The van der Waals surface area contributed by atoms with Gasteiger partial charge in [0.1, 0.15) is 19.0 Å². The Kier molecular flexibility index (Phi) is 10.4. The second-order valence-electron chi connectivity index (χ2n) is 9.81. The summed E-state index contributed by atoms with van der Waals surface area (Å²) in [4.78, 5) is 12.1. The number of rotatable bonds is 10. The van der Waals surface area contributed by atoms with Crippen molar-refractivity contribution in [3.8, 4) is 17.2 Å². The van der Waals surface area contributed by atoms with E-state index in [1.807, 2.05) is 12.1 Å². The molecule has 2 N–H and O–H groups in total. The summed E-state index contributed by atoms with van der Waals surface area (Å²) in [6.45, 7) is 0.697. The summed E-state index contributed by atoms with van der Waals surface area (Å²) in [5, 5.41) is 7.39. The molecule has 8 heteroatoms. The second kappa shape index (κ2) is 14.1. The van der Waals surface area contributed by atoms with Gasteiger partial charge >= 0.3 is 6.03 Å². The zero-order valence-corrected chi connectivity index (χ0v) is 22.4. The lowest BCUT2D eigenvalue weighted by atomic mass is 9.84. The molecule has 0 saturated heterocycles. The van der Waals surface area contributed by atoms with Crippen LogP contribution in [0.2, 0.25) is 5.02 Å². The lowest BCUT2D eigenvalue weighted by Crippen LogP contribution is -2.41. The zero-order valence-electron chi connectivity index (χ0n) is 21.6. The summed E-state index contributed by atoms with van der Waals surface area (Å²) in [5.41, 5.74) is 4.61. The van der Waals surface area contributed by atoms with Crippen LogP contribution < -0.4 is 25.0 Å². The fourth-order valence-electron chi connectivity index (χ4n) is 5.16. The minimum Gasteiger partial charge on any atom is -0.493 e. The molecular formula is C29H38ClN3O4. The Labute approximate surface area is 224 Å². The fraction of sp³-hybridized carbons (Fsp3) is 0.517. The van der Waals surface area contributed by atoms with Crippen LogP contribution in [0, 0.1) is 0 Å². The van der Waals surface area contributed by atoms with Gasteiger partial charge in [-0.2, -0.15) is 5.10 Å². The summed E-state index contributed by atoms with van der Waals surface area (Å²) in [6, 6.07) is 11.8. The second-order valence-corrected chi connectivity index (χ2v) is 10.2. The Hall–Kier alpha value is -2.93. The number of hydrogen-bond donors (Lipinski definition) is 2. The fourth-order valence-corrected chi connectivity index (χ4v) is 5.43. The predicted octanol–water partition coefficient (Wildman–Crippen LogP) is 6.82. The molecule has 0 unspecified atom stereocenters. The molecule has 0 spiro atoms. The van der Waals surface area contributed by atoms with Gasteiger partial charge in [-0.25, -0.2) is 10.2 Å². The molecule has 2 fully saturated rings. The van der Waals surface area contributed by atoms with E-state index in [0.29, 0.717) is 41.2 Å². The molecule has 7 nitrogen and oxygen atoms in total. The number of hydrazone groups is 1. The van der Waals surface area contributed by atoms with Crippen LogP contribution in [0.15, 0.2) is 41.5 Å². The smallest absolute Gasteiger partial charge is 0.335 e. The lowest BCUT2D eigenvalue weighted by molar-refractivity contribution is 0.211. The number of amides is 2. The van der Waals surface area contributed by atoms with Crippen LogP contribution in [-0.4, -0.2) is 38.6 Å². The largest absolute Gasteiger partial charge is 0.493 e. The Morgan fingerprint density at radius 3 is 2.35 bits per heavy atom. The molecule has 2 aliphatic rings. The van der Waals surface area contributed by atoms with E-state index < -0.39 is 0 Å². The third kappa shape index (κ3) is 8.29. The molecule has 0 heterocycles. The molecule has 0 aliphatic heterocycles. The Morgan fingerprint density at radius 2 is 1.65 bits per heavy atom. The average Bonchev–Trinajstić information content (AvgIpc) is 2.93. The number of carbonyl (C=O) groups is 1. The number of hydrogen-bond acceptors (Lipinski definition) is 5. The molecule has 2 amide bonds. The van der Waals surface area contributed by atoms with Crippen molar-refractivity contribution in [2.75, 3.05) is 20.3 Å². The quantitative estimate of drug-likeness (QED) is 0.202. The van der Waals surface area contributed by atoms with Crippen LogP contribution >= 0.6 is 11.6 Å². The highest BCUT2D eigenvalue weighted by molar-refractivity contribution is 6.32. The number of carbonyl (C=O) groups excluding carboxylic acids is 1. The van der Waals surface area contributed by atoms with Crippen molar-refractivity contribution in [1.29, 1.82) is 0 Å². The van der Waals surface area contributed by atoms with E-state index in [1.165, 1.54) is 50.3 Å². The molecule has 2 saturated carbocycles. The van der Waals surface area contributed by atoms with Gasteiger partial charge in [0.2, 0.25) is 0 Å². The number of methoxy groups -OCH3 is 1. The number of halogens is 1. The first-order valence-corrected chi connectivity index (χ1v) is 13.8. The first-order chi connectivity index (χ1) is 18.1. The van der Waals surface area contributed by atoms with Crippen molar-refractivity contribution in [3.63, 3.8) is 0 Å². The molecule has 2 aromatic carbocycles. The standard InChI is InChI=1S/C29H38ClN3O4/c1-35-27-19-21(20-31-33-29(34)32-24-10-6-3-7-11-24)18-26(30)28(27)37-17-16-36-25-14-12-23(13-15-25)22-8-4-2-5-9-22/h12-15,18-20,22,24H,2-11,16-17H2,1H3,(H2,32,33,34)/b31-20-. The third-order valence-electron chi connectivity index (χ3n) is 7.13. The highest BCUT2D eigenvalue weighted by Gasteiger charge is 2.16. The highest BCUT2D eigenvalue weighted by atomic mass is 35.5. The maximum atomic E-state index is 12.1. The van der Waals surface area contributed by atoms with E-state index in [2.05, 4.69) is 28.0 Å². The van der Waals surface area contributed by atoms with Crippen molar-refractivity contribution < 1.29 is 19.0 Å². The van der Waals surface area contributed by atoms with Crippen LogP contribution in [0.5, 0.6) is 17.2 Å². The van der Waals surface area contributed by atoms with Crippen LogP contribution in [0.3, 0.4) is 0 Å². The van der Waals surface area contributed by atoms with E-state index in [0.717, 1.165) is 31.4 Å². The highest BCUT2D eigenvalue weighted by Crippen LogP contribution is 2.36. The summed E-state index contributed by atoms with van der Waals surface area (Å²) < 4.78 is 17.2. The van der Waals surface area contributed by atoms with E-state index in [4.69, 9.17) is 25.8 Å². The number of nitrogens with zero attached hydrogens (tertiary/aromatic N) is 1. The van der Waals surface area contributed by atoms with Crippen molar-refractivity contribution in [2.45, 2.75) is 76.2 Å². The van der Waals surface area contributed by atoms with Crippen molar-refractivity contribution in [1.82, 2.24) is 10.7 Å². The minimum atomic E-state index is -0.301. The molecule has 37 heavy (non-hydrogen) atoms. The van der Waals surface area contributed by atoms with Crippen molar-refractivity contribution in [3.05, 3.63) is 52.5 Å². The van der Waals surface area contributed by atoms with E-state index >= 15 is 0 Å². The van der Waals surface area contributed by atoms with Gasteiger partial charge in [-0.3, -0.25) is 0 Å². The van der Waals surface area contributed by atoms with Gasteiger partial charge in [0, 0.05) is 6.04 Å². The topological polar surface area (TPSA) is 81.2 Å². The summed E-state index contributed by atoms with van der Waals surface area (Å²) in [6.07, 6.45) is 13.7. The maximum absolute atomic E-state index is 12.1. The van der Waals surface area contributed by atoms with Gasteiger partial charge < -0.3 is 19.5 Å². The van der Waals surface area contributed by atoms with Gasteiger partial charge in [-0.15, -0.1) is 0 Å². The first-order valence-electron chi connectivity index (χ1n) is 13.4. The molecule has 4 rings (SSSR count). The molecule has 2 aliphatic carbocycles. The summed E-state index contributed by atoms with van der Waals surface area (Å²) in [7, 11) is 1.56. The van der Waals surface area contributed by atoms with E-state index in [1.54, 1.807) is 19.2 Å². The predicted molar refractivity (Wildman–Crippen MR) is 147 cm³/mol. The third-order valence-corrected chi connectivity index (χ3v) is 7.41. The van der Waals surface area contributed by atoms with E-state index in [9.17, 15) is 4.79 Å². The maximum Gasteiger partial charge on any atom is 0.335 e. The van der Waals surface area contributed by atoms with Crippen LogP contribution in [0.4, 0.5) is 4.79 Å². The zero-order chi connectivity index (χ0) is 25.9. The van der Waals surface area contributed by atoms with Crippen LogP contribution in [0.1, 0.15) is 81.3 Å². The normalized spacial score (nSPS) is 16.9. The Morgan fingerprint density at radius 1 is 0.973 bits per heavy atom. The number of nitrogens with one attached hydrogen (secondary N) is 2. The average molecular weight is 528 g/mol. The number of urea groups is 1. The lowest BCUT2D eigenvalue weighted by Gasteiger charge is -2.22. The van der Waals surface area contributed by atoms with Gasteiger partial charge in [-0.1, -0.05) is 62.3 Å². The molecule has 0 aromatic heterocycles.